The molecule has 1 nitrogen and oxygen atoms in total. The van der Waals surface area contributed by atoms with Gasteiger partial charge in [0.05, 0.1) is 0 Å². The normalized spacial score (nSPS) is 22.2. The summed E-state index contributed by atoms with van der Waals surface area (Å²) in [5.74, 6) is 1.89. The van der Waals surface area contributed by atoms with Crippen LogP contribution in [0.4, 0.5) is 0 Å². The van der Waals surface area contributed by atoms with Crippen LogP contribution in [0.3, 0.4) is 0 Å². The van der Waals surface area contributed by atoms with Crippen LogP contribution in [0.2, 0.25) is 0 Å². The van der Waals surface area contributed by atoms with Crippen molar-refractivity contribution in [2.75, 3.05) is 0 Å². The number of Topliss-reactive ketones (excluding diaryl/α,β-unsaturated/α-hetero) is 1. The van der Waals surface area contributed by atoms with Crippen molar-refractivity contribution in [3.8, 4) is 0 Å². The van der Waals surface area contributed by atoms with Gasteiger partial charge in [-0.3, -0.25) is 4.79 Å². The molecule has 1 aliphatic carbocycles. The van der Waals surface area contributed by atoms with Gasteiger partial charge in [0.15, 0.2) is 0 Å². The highest BCUT2D eigenvalue weighted by Gasteiger charge is 2.41. The Labute approximate surface area is 186 Å². The molecule has 2 rings (SSSR count). The average Bonchev–Trinajstić information content (AvgIpc) is 2.99. The maximum atomic E-state index is 13.4. The minimum absolute atomic E-state index is 0.174. The van der Waals surface area contributed by atoms with Crippen molar-refractivity contribution in [3.63, 3.8) is 0 Å². The quantitative estimate of drug-likeness (QED) is 0.336. The van der Waals surface area contributed by atoms with E-state index in [1.807, 2.05) is 0 Å². The zero-order valence-electron chi connectivity index (χ0n) is 20.4. The monoisotopic (exact) mass is 408 g/mol. The van der Waals surface area contributed by atoms with E-state index in [0.717, 1.165) is 38.5 Å². The van der Waals surface area contributed by atoms with Crippen LogP contribution in [-0.4, -0.2) is 5.78 Å². The van der Waals surface area contributed by atoms with Crippen molar-refractivity contribution in [2.24, 2.45) is 17.8 Å². The molecule has 1 aromatic carbocycles. The van der Waals surface area contributed by atoms with Gasteiger partial charge in [-0.2, -0.15) is 0 Å². The van der Waals surface area contributed by atoms with E-state index in [-0.39, 0.29) is 11.8 Å². The first kappa shape index (κ1) is 24.6. The Morgan fingerprint density at radius 3 is 2.57 bits per heavy atom. The summed E-state index contributed by atoms with van der Waals surface area (Å²) in [5, 5.41) is 0. The summed E-state index contributed by atoms with van der Waals surface area (Å²) in [5.41, 5.74) is 6.77. The summed E-state index contributed by atoms with van der Waals surface area (Å²) < 4.78 is 0. The Bertz CT molecular complexity index is 752. The first-order valence-corrected chi connectivity index (χ1v) is 12.3. The number of ketones is 1. The predicted octanol–water partition coefficient (Wildman–Crippen LogP) is 8.37. The van der Waals surface area contributed by atoms with Gasteiger partial charge in [0, 0.05) is 11.8 Å². The molecule has 1 saturated carbocycles. The smallest absolute Gasteiger partial charge is 0.139 e. The number of hydrogen-bond donors (Lipinski definition) is 0. The SMILES string of the molecule is C=C(CCCC)/C(=C/C)CC1CC(Cc2cc(C)ccc2C(C)C)C(=O)C1CCC. The number of hydrogen-bond acceptors (Lipinski definition) is 1. The molecule has 3 atom stereocenters. The van der Waals surface area contributed by atoms with Crippen molar-refractivity contribution in [2.45, 2.75) is 98.8 Å². The summed E-state index contributed by atoms with van der Waals surface area (Å²) in [6, 6.07) is 6.79. The average molecular weight is 409 g/mol. The van der Waals surface area contributed by atoms with Crippen LogP contribution in [0.25, 0.3) is 0 Å². The highest BCUT2D eigenvalue weighted by atomic mass is 16.1. The molecule has 0 saturated heterocycles. The van der Waals surface area contributed by atoms with Gasteiger partial charge in [-0.15, -0.1) is 0 Å². The first-order valence-electron chi connectivity index (χ1n) is 12.3. The maximum absolute atomic E-state index is 13.4. The third kappa shape index (κ3) is 6.19. The van der Waals surface area contributed by atoms with E-state index in [4.69, 9.17) is 0 Å². The number of allylic oxidation sites excluding steroid dienone is 3. The minimum Gasteiger partial charge on any atom is -0.299 e. The number of unbranched alkanes of at least 4 members (excludes halogenated alkanes) is 1. The zero-order chi connectivity index (χ0) is 22.3. The molecule has 1 fully saturated rings. The summed E-state index contributed by atoms with van der Waals surface area (Å²) in [6.45, 7) is 17.6. The lowest BCUT2D eigenvalue weighted by Gasteiger charge is -2.20. The van der Waals surface area contributed by atoms with E-state index in [9.17, 15) is 4.79 Å². The molecule has 0 heterocycles. The summed E-state index contributed by atoms with van der Waals surface area (Å²) in [7, 11) is 0. The second kappa shape index (κ2) is 11.7. The fraction of sp³-hybridized carbons (Fsp3) is 0.621. The van der Waals surface area contributed by atoms with Crippen LogP contribution in [0, 0.1) is 24.7 Å². The first-order chi connectivity index (χ1) is 14.3. The van der Waals surface area contributed by atoms with E-state index < -0.39 is 0 Å². The summed E-state index contributed by atoms with van der Waals surface area (Å²) >= 11 is 0. The summed E-state index contributed by atoms with van der Waals surface area (Å²) in [4.78, 5) is 13.4. The summed E-state index contributed by atoms with van der Waals surface area (Å²) in [6.07, 6.45) is 10.8. The largest absolute Gasteiger partial charge is 0.299 e. The van der Waals surface area contributed by atoms with Crippen LogP contribution in [-0.2, 0) is 11.2 Å². The second-order valence-corrected chi connectivity index (χ2v) is 9.78. The van der Waals surface area contributed by atoms with Crippen LogP contribution in [0.1, 0.15) is 102 Å². The number of carbonyl (C=O) groups excluding carboxylic acids is 1. The van der Waals surface area contributed by atoms with Gasteiger partial charge in [-0.05, 0) is 80.9 Å². The lowest BCUT2D eigenvalue weighted by Crippen LogP contribution is -2.19. The van der Waals surface area contributed by atoms with Crippen LogP contribution >= 0.6 is 0 Å². The van der Waals surface area contributed by atoms with E-state index >= 15 is 0 Å². The third-order valence-electron chi connectivity index (χ3n) is 7.03. The molecular weight excluding hydrogens is 364 g/mol. The molecular formula is C29H44O. The molecule has 0 spiro atoms. The highest BCUT2D eigenvalue weighted by Crippen LogP contribution is 2.43. The van der Waals surface area contributed by atoms with E-state index in [0.29, 0.717) is 17.6 Å². The van der Waals surface area contributed by atoms with Crippen molar-refractivity contribution in [1.29, 1.82) is 0 Å². The Kier molecular flexibility index (Phi) is 9.59. The fourth-order valence-electron chi connectivity index (χ4n) is 5.32. The number of rotatable bonds is 11. The maximum Gasteiger partial charge on any atom is 0.139 e. The molecule has 30 heavy (non-hydrogen) atoms. The zero-order valence-corrected chi connectivity index (χ0v) is 20.4. The topological polar surface area (TPSA) is 17.1 Å². The van der Waals surface area contributed by atoms with Crippen molar-refractivity contribution in [3.05, 3.63) is 58.7 Å². The number of aryl methyl sites for hydroxylation is 1. The Morgan fingerprint density at radius 1 is 1.23 bits per heavy atom. The molecule has 1 heteroatoms. The van der Waals surface area contributed by atoms with Crippen LogP contribution < -0.4 is 0 Å². The molecule has 1 aromatic rings. The standard InChI is InChI=1S/C29H44O/c1-8-11-13-22(7)23(10-3)17-25-19-26(29(30)28(25)12-9-2)18-24-16-21(6)14-15-27(24)20(4)5/h10,14-16,20,25-26,28H,7-9,11-13,17-19H2,1-6H3/b23-10+. The molecule has 3 unspecified atom stereocenters. The lowest BCUT2D eigenvalue weighted by atomic mass is 9.84. The van der Waals surface area contributed by atoms with Gasteiger partial charge >= 0.3 is 0 Å². The highest BCUT2D eigenvalue weighted by molar-refractivity contribution is 5.86. The molecule has 0 radical (unpaired) electrons. The van der Waals surface area contributed by atoms with Crippen molar-refractivity contribution < 1.29 is 4.79 Å². The molecule has 0 aromatic heterocycles. The number of benzene rings is 1. The molecule has 166 valence electrons. The second-order valence-electron chi connectivity index (χ2n) is 9.78. The number of carbonyl (C=O) groups is 1. The Morgan fingerprint density at radius 2 is 1.97 bits per heavy atom. The third-order valence-corrected chi connectivity index (χ3v) is 7.03. The Hall–Kier alpha value is -1.63. The van der Waals surface area contributed by atoms with Gasteiger partial charge in [-0.25, -0.2) is 0 Å². The van der Waals surface area contributed by atoms with Crippen molar-refractivity contribution >= 4 is 5.78 Å². The molecule has 0 N–H and O–H groups in total. The van der Waals surface area contributed by atoms with Gasteiger partial charge in [0.1, 0.15) is 5.78 Å². The molecule has 0 amide bonds. The van der Waals surface area contributed by atoms with Gasteiger partial charge in [0.25, 0.3) is 0 Å². The fourth-order valence-corrected chi connectivity index (χ4v) is 5.32. The van der Waals surface area contributed by atoms with Crippen molar-refractivity contribution in [1.82, 2.24) is 0 Å². The minimum atomic E-state index is 0.174. The van der Waals surface area contributed by atoms with Crippen LogP contribution in [0.5, 0.6) is 0 Å². The lowest BCUT2D eigenvalue weighted by molar-refractivity contribution is -0.124. The predicted molar refractivity (Wildman–Crippen MR) is 131 cm³/mol. The van der Waals surface area contributed by atoms with Crippen LogP contribution in [0.15, 0.2) is 42.0 Å². The van der Waals surface area contributed by atoms with Gasteiger partial charge in [0.2, 0.25) is 0 Å². The van der Waals surface area contributed by atoms with E-state index in [1.165, 1.54) is 40.7 Å². The van der Waals surface area contributed by atoms with Gasteiger partial charge in [-0.1, -0.05) is 82.5 Å². The van der Waals surface area contributed by atoms with E-state index in [2.05, 4.69) is 72.4 Å². The molecule has 0 aliphatic heterocycles. The Balaban J connectivity index is 2.20. The molecule has 0 bridgehead atoms. The van der Waals surface area contributed by atoms with E-state index in [1.54, 1.807) is 0 Å². The van der Waals surface area contributed by atoms with Gasteiger partial charge < -0.3 is 0 Å². The molecule has 1 aliphatic rings.